The van der Waals surface area contributed by atoms with Crippen LogP contribution in [0.2, 0.25) is 0 Å². The van der Waals surface area contributed by atoms with Crippen LogP contribution in [-0.4, -0.2) is 67.4 Å². The monoisotopic (exact) mass is 373 g/mol. The summed E-state index contributed by atoms with van der Waals surface area (Å²) in [5.41, 5.74) is 1.13. The van der Waals surface area contributed by atoms with Gasteiger partial charge in [0.2, 0.25) is 17.7 Å². The molecule has 1 aromatic rings. The molecule has 2 aliphatic heterocycles. The fourth-order valence-electron chi connectivity index (χ4n) is 3.63. The van der Waals surface area contributed by atoms with Gasteiger partial charge in [-0.3, -0.25) is 14.4 Å². The second-order valence-electron chi connectivity index (χ2n) is 7.10. The van der Waals surface area contributed by atoms with E-state index in [2.05, 4.69) is 5.32 Å². The Morgan fingerprint density at radius 2 is 1.96 bits per heavy atom. The molecule has 1 aromatic carbocycles. The summed E-state index contributed by atoms with van der Waals surface area (Å²) in [6.07, 6.45) is 2.09. The van der Waals surface area contributed by atoms with Gasteiger partial charge in [0.1, 0.15) is 5.75 Å². The highest BCUT2D eigenvalue weighted by molar-refractivity contribution is 5.85. The SMILES string of the molecule is COc1ccc(CCN2C[C@@H](C(=O)N3CCNC(=O)CC3)CCC2=O)cc1. The molecular weight excluding hydrogens is 346 g/mol. The quantitative estimate of drug-likeness (QED) is 0.829. The molecular formula is C20H27N3O4. The van der Waals surface area contributed by atoms with E-state index in [4.69, 9.17) is 4.74 Å². The fraction of sp³-hybridized carbons (Fsp3) is 0.550. The number of rotatable bonds is 5. The van der Waals surface area contributed by atoms with E-state index in [1.165, 1.54) is 0 Å². The highest BCUT2D eigenvalue weighted by Gasteiger charge is 2.33. The number of hydrogen-bond donors (Lipinski definition) is 1. The molecule has 1 N–H and O–H groups in total. The van der Waals surface area contributed by atoms with Gasteiger partial charge in [-0.1, -0.05) is 12.1 Å². The third-order valence-electron chi connectivity index (χ3n) is 5.30. The highest BCUT2D eigenvalue weighted by atomic mass is 16.5. The van der Waals surface area contributed by atoms with Crippen LogP contribution in [0.15, 0.2) is 24.3 Å². The van der Waals surface area contributed by atoms with Gasteiger partial charge in [0.05, 0.1) is 13.0 Å². The normalized spacial score (nSPS) is 20.9. The first-order valence-corrected chi connectivity index (χ1v) is 9.53. The van der Waals surface area contributed by atoms with Crippen LogP contribution in [0.5, 0.6) is 5.75 Å². The number of piperidine rings is 1. The number of benzene rings is 1. The maximum Gasteiger partial charge on any atom is 0.227 e. The minimum atomic E-state index is -0.174. The van der Waals surface area contributed by atoms with E-state index >= 15 is 0 Å². The Hall–Kier alpha value is -2.57. The number of hydrogen-bond acceptors (Lipinski definition) is 4. The molecule has 0 unspecified atom stereocenters. The van der Waals surface area contributed by atoms with Gasteiger partial charge in [0.25, 0.3) is 0 Å². The average Bonchev–Trinajstić information content (AvgIpc) is 2.91. The lowest BCUT2D eigenvalue weighted by atomic mass is 9.95. The Bertz CT molecular complexity index is 689. The zero-order valence-corrected chi connectivity index (χ0v) is 15.8. The Morgan fingerprint density at radius 1 is 1.19 bits per heavy atom. The molecule has 2 fully saturated rings. The van der Waals surface area contributed by atoms with Crippen molar-refractivity contribution in [3.8, 4) is 5.75 Å². The summed E-state index contributed by atoms with van der Waals surface area (Å²) in [7, 11) is 1.63. The van der Waals surface area contributed by atoms with Crippen LogP contribution in [0.4, 0.5) is 0 Å². The lowest BCUT2D eigenvalue weighted by Gasteiger charge is -2.34. The Kier molecular flexibility index (Phi) is 6.32. The van der Waals surface area contributed by atoms with Crippen LogP contribution in [0.25, 0.3) is 0 Å². The molecule has 0 spiro atoms. The number of carbonyl (C=O) groups is 3. The average molecular weight is 373 g/mol. The number of nitrogens with one attached hydrogen (secondary N) is 1. The summed E-state index contributed by atoms with van der Waals surface area (Å²) in [4.78, 5) is 40.2. The van der Waals surface area contributed by atoms with Crippen molar-refractivity contribution >= 4 is 17.7 Å². The van der Waals surface area contributed by atoms with Crippen LogP contribution in [0.3, 0.4) is 0 Å². The molecule has 7 nitrogen and oxygen atoms in total. The maximum absolute atomic E-state index is 12.8. The van der Waals surface area contributed by atoms with Crippen molar-refractivity contribution < 1.29 is 19.1 Å². The summed E-state index contributed by atoms with van der Waals surface area (Å²) in [6, 6.07) is 7.82. The van der Waals surface area contributed by atoms with E-state index in [9.17, 15) is 14.4 Å². The summed E-state index contributed by atoms with van der Waals surface area (Å²) in [5.74, 6) is 0.801. The zero-order chi connectivity index (χ0) is 19.2. The van der Waals surface area contributed by atoms with E-state index < -0.39 is 0 Å². The molecule has 2 heterocycles. The third-order valence-corrected chi connectivity index (χ3v) is 5.30. The standard InChI is InChI=1S/C20H27N3O4/c1-27-17-5-2-15(3-6-17)8-11-23-14-16(4-7-19(23)25)20(26)22-12-9-18(24)21-10-13-22/h2-3,5-6,16H,4,7-14H2,1H3,(H,21,24)/t16-/m0/s1. The van der Waals surface area contributed by atoms with Crippen LogP contribution >= 0.6 is 0 Å². The molecule has 3 rings (SSSR count). The molecule has 0 aromatic heterocycles. The molecule has 27 heavy (non-hydrogen) atoms. The number of carbonyl (C=O) groups excluding carboxylic acids is 3. The lowest BCUT2D eigenvalue weighted by Crippen LogP contribution is -2.48. The van der Waals surface area contributed by atoms with E-state index in [1.54, 1.807) is 16.9 Å². The third kappa shape index (κ3) is 4.99. The van der Waals surface area contributed by atoms with Gasteiger partial charge in [-0.15, -0.1) is 0 Å². The molecule has 0 bridgehead atoms. The number of methoxy groups -OCH3 is 1. The van der Waals surface area contributed by atoms with Crippen LogP contribution in [0.1, 0.15) is 24.8 Å². The Morgan fingerprint density at radius 3 is 2.70 bits per heavy atom. The van der Waals surface area contributed by atoms with Gasteiger partial charge in [0, 0.05) is 45.6 Å². The predicted octanol–water partition coefficient (Wildman–Crippen LogP) is 0.825. The van der Waals surface area contributed by atoms with Crippen LogP contribution in [-0.2, 0) is 20.8 Å². The van der Waals surface area contributed by atoms with Crippen molar-refractivity contribution in [3.05, 3.63) is 29.8 Å². The largest absolute Gasteiger partial charge is 0.497 e. The number of nitrogens with zero attached hydrogens (tertiary/aromatic N) is 2. The van der Waals surface area contributed by atoms with Crippen LogP contribution < -0.4 is 10.1 Å². The van der Waals surface area contributed by atoms with Gasteiger partial charge < -0.3 is 19.9 Å². The summed E-state index contributed by atoms with van der Waals surface area (Å²) >= 11 is 0. The van der Waals surface area contributed by atoms with E-state index in [0.717, 1.165) is 17.7 Å². The van der Waals surface area contributed by atoms with Crippen LogP contribution in [0, 0.1) is 5.92 Å². The first kappa shape index (κ1) is 19.2. The fourth-order valence-corrected chi connectivity index (χ4v) is 3.63. The highest BCUT2D eigenvalue weighted by Crippen LogP contribution is 2.21. The summed E-state index contributed by atoms with van der Waals surface area (Å²) in [5, 5.41) is 2.79. The molecule has 3 amide bonds. The first-order chi connectivity index (χ1) is 13.1. The van der Waals surface area contributed by atoms with Crippen molar-refractivity contribution in [1.29, 1.82) is 0 Å². The van der Waals surface area contributed by atoms with E-state index in [1.807, 2.05) is 24.3 Å². The second-order valence-corrected chi connectivity index (χ2v) is 7.10. The van der Waals surface area contributed by atoms with Crippen molar-refractivity contribution in [3.63, 3.8) is 0 Å². The molecule has 0 aliphatic carbocycles. The van der Waals surface area contributed by atoms with E-state index in [0.29, 0.717) is 52.0 Å². The summed E-state index contributed by atoms with van der Waals surface area (Å²) in [6.45, 7) is 2.57. The number of ether oxygens (including phenoxy) is 1. The number of likely N-dealkylation sites (tertiary alicyclic amines) is 1. The minimum Gasteiger partial charge on any atom is -0.497 e. The molecule has 0 radical (unpaired) electrons. The molecule has 2 saturated heterocycles. The summed E-state index contributed by atoms with van der Waals surface area (Å²) < 4.78 is 5.16. The molecule has 7 heteroatoms. The second kappa shape index (κ2) is 8.88. The maximum atomic E-state index is 12.8. The van der Waals surface area contributed by atoms with Gasteiger partial charge in [-0.05, 0) is 30.5 Å². The molecule has 2 aliphatic rings. The Labute approximate surface area is 159 Å². The van der Waals surface area contributed by atoms with Crippen molar-refractivity contribution in [2.45, 2.75) is 25.7 Å². The van der Waals surface area contributed by atoms with Gasteiger partial charge in [0.15, 0.2) is 0 Å². The molecule has 1 atom stereocenters. The molecule has 146 valence electrons. The zero-order valence-electron chi connectivity index (χ0n) is 15.8. The smallest absolute Gasteiger partial charge is 0.227 e. The van der Waals surface area contributed by atoms with Gasteiger partial charge in [-0.2, -0.15) is 0 Å². The van der Waals surface area contributed by atoms with Crippen molar-refractivity contribution in [1.82, 2.24) is 15.1 Å². The minimum absolute atomic E-state index is 0.00904. The predicted molar refractivity (Wildman–Crippen MR) is 100 cm³/mol. The Balaban J connectivity index is 1.55. The van der Waals surface area contributed by atoms with Gasteiger partial charge >= 0.3 is 0 Å². The lowest BCUT2D eigenvalue weighted by molar-refractivity contribution is -0.142. The van der Waals surface area contributed by atoms with Crippen molar-refractivity contribution in [2.24, 2.45) is 5.92 Å². The number of amides is 3. The molecule has 0 saturated carbocycles. The topological polar surface area (TPSA) is 79.0 Å². The van der Waals surface area contributed by atoms with Crippen molar-refractivity contribution in [2.75, 3.05) is 39.8 Å². The van der Waals surface area contributed by atoms with Gasteiger partial charge in [-0.25, -0.2) is 0 Å². The first-order valence-electron chi connectivity index (χ1n) is 9.53. The van der Waals surface area contributed by atoms with E-state index in [-0.39, 0.29) is 23.6 Å².